The molecule has 0 saturated carbocycles. The number of likely N-dealkylation sites (tertiary alicyclic amines) is 1. The first-order valence-corrected chi connectivity index (χ1v) is 6.39. The normalized spacial score (nSPS) is 32.1. The van der Waals surface area contributed by atoms with Crippen LogP contribution in [0, 0.1) is 5.41 Å². The van der Waals surface area contributed by atoms with Crippen molar-refractivity contribution in [3.8, 4) is 0 Å². The summed E-state index contributed by atoms with van der Waals surface area (Å²) in [6.07, 6.45) is 1.95. The average molecular weight is 252 g/mol. The molecule has 3 rings (SSSR count). The molecule has 5 heteroatoms. The molecule has 1 aromatic rings. The maximum absolute atomic E-state index is 14.1. The molecule has 18 heavy (non-hydrogen) atoms. The fraction of sp³-hybridized carbons (Fsp3) is 0.615. The van der Waals surface area contributed by atoms with Gasteiger partial charge in [-0.25, -0.2) is 4.39 Å². The van der Waals surface area contributed by atoms with Gasteiger partial charge in [-0.05, 0) is 31.5 Å². The van der Waals surface area contributed by atoms with Crippen molar-refractivity contribution in [1.82, 2.24) is 10.2 Å². The lowest BCUT2D eigenvalue weighted by Gasteiger charge is -2.36. The highest BCUT2D eigenvalue weighted by Gasteiger charge is 2.47. The summed E-state index contributed by atoms with van der Waals surface area (Å²) in [5.74, 6) is 0.209. The molecule has 2 aliphatic heterocycles. The van der Waals surface area contributed by atoms with E-state index in [-0.39, 0.29) is 11.3 Å². The van der Waals surface area contributed by atoms with E-state index < -0.39 is 6.17 Å². The third-order valence-corrected chi connectivity index (χ3v) is 4.12. The first-order valence-electron chi connectivity index (χ1n) is 6.39. The number of carbonyl (C=O) groups excluding carboxylic acids is 1. The summed E-state index contributed by atoms with van der Waals surface area (Å²) < 4.78 is 19.2. The quantitative estimate of drug-likeness (QED) is 0.822. The average Bonchev–Trinajstić information content (AvgIpc) is 3.03. The Morgan fingerprint density at radius 3 is 3.22 bits per heavy atom. The zero-order valence-corrected chi connectivity index (χ0v) is 10.2. The van der Waals surface area contributed by atoms with Crippen LogP contribution in [0.4, 0.5) is 4.39 Å². The van der Waals surface area contributed by atoms with Crippen LogP contribution >= 0.6 is 0 Å². The summed E-state index contributed by atoms with van der Waals surface area (Å²) >= 11 is 0. The van der Waals surface area contributed by atoms with Gasteiger partial charge in [0.05, 0.1) is 6.26 Å². The van der Waals surface area contributed by atoms with Crippen molar-refractivity contribution in [2.45, 2.75) is 19.0 Å². The van der Waals surface area contributed by atoms with Crippen LogP contribution in [0.3, 0.4) is 0 Å². The molecule has 0 aromatic carbocycles. The minimum atomic E-state index is -0.812. The number of carbonyl (C=O) groups is 1. The molecule has 0 radical (unpaired) electrons. The fourth-order valence-corrected chi connectivity index (χ4v) is 3.01. The van der Waals surface area contributed by atoms with Crippen molar-refractivity contribution in [3.05, 3.63) is 24.2 Å². The Labute approximate surface area is 105 Å². The molecule has 2 aliphatic rings. The van der Waals surface area contributed by atoms with Gasteiger partial charge in [0.2, 0.25) is 0 Å². The Kier molecular flexibility index (Phi) is 2.86. The zero-order chi connectivity index (χ0) is 12.6. The van der Waals surface area contributed by atoms with Gasteiger partial charge in [-0.2, -0.15) is 0 Å². The molecule has 4 nitrogen and oxygen atoms in total. The minimum absolute atomic E-state index is 0.130. The lowest BCUT2D eigenvalue weighted by Crippen LogP contribution is -2.50. The number of furan rings is 1. The largest absolute Gasteiger partial charge is 0.459 e. The first-order chi connectivity index (χ1) is 8.71. The van der Waals surface area contributed by atoms with Crippen molar-refractivity contribution in [2.24, 2.45) is 5.41 Å². The fourth-order valence-electron chi connectivity index (χ4n) is 3.01. The standard InChI is InChI=1S/C13H17FN2O2/c14-11-3-5-15-8-13(11)4-6-16(9-13)12(17)10-2-1-7-18-10/h1-2,7,11,15H,3-6,8-9H2/t11-,13+/m0/s1. The second-order valence-electron chi connectivity index (χ2n) is 5.25. The van der Waals surface area contributed by atoms with E-state index in [2.05, 4.69) is 5.32 Å². The number of piperidine rings is 1. The summed E-state index contributed by atoms with van der Waals surface area (Å²) in [6, 6.07) is 3.35. The van der Waals surface area contributed by atoms with Gasteiger partial charge in [0, 0.05) is 25.0 Å². The van der Waals surface area contributed by atoms with Crippen molar-refractivity contribution >= 4 is 5.91 Å². The molecule has 1 spiro atoms. The van der Waals surface area contributed by atoms with Gasteiger partial charge in [-0.3, -0.25) is 4.79 Å². The number of alkyl halides is 1. The number of hydrogen-bond donors (Lipinski definition) is 1. The van der Waals surface area contributed by atoms with E-state index >= 15 is 0 Å². The topological polar surface area (TPSA) is 45.5 Å². The van der Waals surface area contributed by atoms with E-state index in [9.17, 15) is 9.18 Å². The van der Waals surface area contributed by atoms with Crippen LogP contribution < -0.4 is 5.32 Å². The molecular weight excluding hydrogens is 235 g/mol. The molecule has 3 heterocycles. The Bertz CT molecular complexity index is 434. The molecule has 2 fully saturated rings. The van der Waals surface area contributed by atoms with Gasteiger partial charge in [-0.15, -0.1) is 0 Å². The van der Waals surface area contributed by atoms with E-state index in [1.165, 1.54) is 6.26 Å². The maximum Gasteiger partial charge on any atom is 0.289 e. The number of hydrogen-bond acceptors (Lipinski definition) is 3. The summed E-state index contributed by atoms with van der Waals surface area (Å²) in [7, 11) is 0. The van der Waals surface area contributed by atoms with Gasteiger partial charge in [0.1, 0.15) is 6.17 Å². The summed E-state index contributed by atoms with van der Waals surface area (Å²) in [5.41, 5.74) is -0.388. The molecule has 0 bridgehead atoms. The summed E-state index contributed by atoms with van der Waals surface area (Å²) in [6.45, 7) is 2.49. The molecule has 1 aromatic heterocycles. The molecule has 98 valence electrons. The second-order valence-corrected chi connectivity index (χ2v) is 5.25. The Morgan fingerprint density at radius 1 is 1.61 bits per heavy atom. The van der Waals surface area contributed by atoms with Crippen molar-refractivity contribution in [1.29, 1.82) is 0 Å². The number of halogens is 1. The number of amides is 1. The van der Waals surface area contributed by atoms with E-state index in [1.807, 2.05) is 0 Å². The van der Waals surface area contributed by atoms with Gasteiger partial charge >= 0.3 is 0 Å². The summed E-state index contributed by atoms with van der Waals surface area (Å²) in [4.78, 5) is 13.8. The highest BCUT2D eigenvalue weighted by atomic mass is 19.1. The Balaban J connectivity index is 1.73. The van der Waals surface area contributed by atoms with Crippen LogP contribution in [0.15, 0.2) is 22.8 Å². The second kappa shape index (κ2) is 4.39. The molecule has 0 aliphatic carbocycles. The molecular formula is C13H17FN2O2. The van der Waals surface area contributed by atoms with Crippen molar-refractivity contribution in [2.75, 3.05) is 26.2 Å². The third-order valence-electron chi connectivity index (χ3n) is 4.12. The van der Waals surface area contributed by atoms with E-state index in [4.69, 9.17) is 4.42 Å². The summed E-state index contributed by atoms with van der Waals surface area (Å²) in [5, 5.41) is 3.24. The van der Waals surface area contributed by atoms with Gasteiger partial charge in [0.15, 0.2) is 5.76 Å². The predicted octanol–water partition coefficient (Wildman–Crippen LogP) is 1.44. The van der Waals surface area contributed by atoms with Crippen LogP contribution in [0.1, 0.15) is 23.4 Å². The molecule has 0 unspecified atom stereocenters. The van der Waals surface area contributed by atoms with Crippen molar-refractivity contribution in [3.63, 3.8) is 0 Å². The van der Waals surface area contributed by atoms with Gasteiger partial charge in [0.25, 0.3) is 5.91 Å². The van der Waals surface area contributed by atoms with Crippen LogP contribution in [-0.4, -0.2) is 43.2 Å². The first kappa shape index (κ1) is 11.7. The lowest BCUT2D eigenvalue weighted by atomic mass is 9.78. The van der Waals surface area contributed by atoms with Crippen molar-refractivity contribution < 1.29 is 13.6 Å². The van der Waals surface area contributed by atoms with E-state index in [0.717, 1.165) is 13.0 Å². The molecule has 1 amide bonds. The van der Waals surface area contributed by atoms with Crippen LogP contribution in [0.2, 0.25) is 0 Å². The SMILES string of the molecule is O=C(c1ccco1)N1CC[C@@]2(CNCC[C@@H]2F)C1. The number of nitrogens with one attached hydrogen (secondary N) is 1. The highest BCUT2D eigenvalue weighted by molar-refractivity contribution is 5.91. The lowest BCUT2D eigenvalue weighted by molar-refractivity contribution is 0.0603. The minimum Gasteiger partial charge on any atom is -0.459 e. The Hall–Kier alpha value is -1.36. The zero-order valence-electron chi connectivity index (χ0n) is 10.2. The van der Waals surface area contributed by atoms with Crippen LogP contribution in [0.25, 0.3) is 0 Å². The van der Waals surface area contributed by atoms with Crippen LogP contribution in [-0.2, 0) is 0 Å². The van der Waals surface area contributed by atoms with Gasteiger partial charge in [-0.1, -0.05) is 0 Å². The molecule has 2 saturated heterocycles. The van der Waals surface area contributed by atoms with Gasteiger partial charge < -0.3 is 14.6 Å². The monoisotopic (exact) mass is 252 g/mol. The Morgan fingerprint density at radius 2 is 2.50 bits per heavy atom. The number of rotatable bonds is 1. The van der Waals surface area contributed by atoms with E-state index in [1.54, 1.807) is 17.0 Å². The smallest absolute Gasteiger partial charge is 0.289 e. The maximum atomic E-state index is 14.1. The third kappa shape index (κ3) is 1.82. The van der Waals surface area contributed by atoms with Crippen LogP contribution in [0.5, 0.6) is 0 Å². The number of nitrogens with zero attached hydrogens (tertiary/aromatic N) is 1. The molecule has 1 N–H and O–H groups in total. The predicted molar refractivity (Wildman–Crippen MR) is 64.0 cm³/mol. The van der Waals surface area contributed by atoms with E-state index in [0.29, 0.717) is 31.8 Å². The highest BCUT2D eigenvalue weighted by Crippen LogP contribution is 2.39. The molecule has 2 atom stereocenters.